The van der Waals surface area contributed by atoms with Gasteiger partial charge in [-0.15, -0.1) is 0 Å². The predicted octanol–water partition coefficient (Wildman–Crippen LogP) is 3.47. The Labute approximate surface area is 117 Å². The fourth-order valence-corrected chi connectivity index (χ4v) is 2.86. The van der Waals surface area contributed by atoms with E-state index in [-0.39, 0.29) is 11.3 Å². The van der Waals surface area contributed by atoms with Crippen LogP contribution < -0.4 is 0 Å². The SMILES string of the molecule is Cc1cccc(C(=O)N2CCC(C)(C)C2)c1I. The summed E-state index contributed by atoms with van der Waals surface area (Å²) in [5.74, 6) is 0.184. The van der Waals surface area contributed by atoms with E-state index < -0.39 is 0 Å². The summed E-state index contributed by atoms with van der Waals surface area (Å²) in [7, 11) is 0. The standard InChI is InChI=1S/C14H18INO/c1-10-5-4-6-11(12(10)15)13(17)16-8-7-14(2,3)9-16/h4-6H,7-9H2,1-3H3. The number of hydrogen-bond acceptors (Lipinski definition) is 1. The Bertz CT molecular complexity index is 454. The van der Waals surface area contributed by atoms with Crippen LogP contribution in [0.1, 0.15) is 36.2 Å². The van der Waals surface area contributed by atoms with Gasteiger partial charge in [-0.1, -0.05) is 26.0 Å². The molecule has 1 heterocycles. The number of nitrogens with zero attached hydrogens (tertiary/aromatic N) is 1. The van der Waals surface area contributed by atoms with E-state index in [1.807, 2.05) is 30.0 Å². The van der Waals surface area contributed by atoms with Gasteiger partial charge in [0.2, 0.25) is 0 Å². The van der Waals surface area contributed by atoms with Gasteiger partial charge in [0.1, 0.15) is 0 Å². The second-order valence-electron chi connectivity index (χ2n) is 5.58. The maximum absolute atomic E-state index is 12.4. The summed E-state index contributed by atoms with van der Waals surface area (Å²) in [5.41, 5.74) is 2.29. The molecule has 2 rings (SSSR count). The molecule has 17 heavy (non-hydrogen) atoms. The van der Waals surface area contributed by atoms with Crippen LogP contribution in [0, 0.1) is 15.9 Å². The summed E-state index contributed by atoms with van der Waals surface area (Å²) in [6.07, 6.45) is 1.10. The van der Waals surface area contributed by atoms with Crippen molar-refractivity contribution in [3.8, 4) is 0 Å². The molecule has 1 saturated heterocycles. The van der Waals surface area contributed by atoms with E-state index in [1.165, 1.54) is 5.56 Å². The number of hydrogen-bond donors (Lipinski definition) is 0. The van der Waals surface area contributed by atoms with E-state index in [0.29, 0.717) is 0 Å². The molecule has 0 N–H and O–H groups in total. The van der Waals surface area contributed by atoms with Crippen LogP contribution in [0.3, 0.4) is 0 Å². The van der Waals surface area contributed by atoms with Gasteiger partial charge in [-0.3, -0.25) is 4.79 Å². The minimum Gasteiger partial charge on any atom is -0.338 e. The summed E-state index contributed by atoms with van der Waals surface area (Å²) in [4.78, 5) is 14.4. The zero-order chi connectivity index (χ0) is 12.6. The van der Waals surface area contributed by atoms with Gasteiger partial charge in [-0.2, -0.15) is 0 Å². The molecular weight excluding hydrogens is 325 g/mol. The topological polar surface area (TPSA) is 20.3 Å². The highest BCUT2D eigenvalue weighted by molar-refractivity contribution is 14.1. The third kappa shape index (κ3) is 2.64. The smallest absolute Gasteiger partial charge is 0.254 e. The first kappa shape index (κ1) is 12.9. The Hall–Kier alpha value is -0.580. The minimum absolute atomic E-state index is 0.184. The fraction of sp³-hybridized carbons (Fsp3) is 0.500. The Morgan fingerprint density at radius 2 is 2.12 bits per heavy atom. The van der Waals surface area contributed by atoms with E-state index in [4.69, 9.17) is 0 Å². The van der Waals surface area contributed by atoms with E-state index >= 15 is 0 Å². The monoisotopic (exact) mass is 343 g/mol. The molecule has 1 aromatic rings. The van der Waals surface area contributed by atoms with E-state index in [9.17, 15) is 4.79 Å². The van der Waals surface area contributed by atoms with E-state index in [2.05, 4.69) is 36.4 Å². The third-order valence-corrected chi connectivity index (χ3v) is 4.82. The van der Waals surface area contributed by atoms with Crippen LogP contribution in [0.15, 0.2) is 18.2 Å². The Balaban J connectivity index is 2.24. The van der Waals surface area contributed by atoms with Crippen molar-refractivity contribution < 1.29 is 4.79 Å². The first-order valence-electron chi connectivity index (χ1n) is 5.95. The van der Waals surface area contributed by atoms with Gasteiger partial charge in [0.15, 0.2) is 0 Å². The molecule has 0 aliphatic carbocycles. The minimum atomic E-state index is 0.184. The fourth-order valence-electron chi connectivity index (χ4n) is 2.27. The molecule has 1 aromatic carbocycles. The van der Waals surface area contributed by atoms with Crippen LogP contribution in [0.5, 0.6) is 0 Å². The molecule has 0 aromatic heterocycles. The highest BCUT2D eigenvalue weighted by Gasteiger charge is 2.32. The molecule has 0 saturated carbocycles. The molecule has 1 amide bonds. The van der Waals surface area contributed by atoms with Gasteiger partial charge in [0.25, 0.3) is 5.91 Å². The maximum atomic E-state index is 12.4. The van der Waals surface area contributed by atoms with Crippen molar-refractivity contribution in [3.63, 3.8) is 0 Å². The molecule has 2 nitrogen and oxygen atoms in total. The van der Waals surface area contributed by atoms with Crippen molar-refractivity contribution in [1.29, 1.82) is 0 Å². The Morgan fingerprint density at radius 1 is 1.41 bits per heavy atom. The maximum Gasteiger partial charge on any atom is 0.254 e. The molecular formula is C14H18INO. The van der Waals surface area contributed by atoms with Crippen LogP contribution in [0.25, 0.3) is 0 Å². The molecule has 0 bridgehead atoms. The van der Waals surface area contributed by atoms with E-state index in [0.717, 1.165) is 28.6 Å². The number of amides is 1. The van der Waals surface area contributed by atoms with Gasteiger partial charge in [-0.25, -0.2) is 0 Å². The quantitative estimate of drug-likeness (QED) is 0.715. The Kier molecular flexibility index (Phi) is 3.48. The lowest BCUT2D eigenvalue weighted by atomic mass is 9.93. The number of rotatable bonds is 1. The second kappa shape index (κ2) is 4.59. The summed E-state index contributed by atoms with van der Waals surface area (Å²) in [6, 6.07) is 5.95. The average Bonchev–Trinajstić information content (AvgIpc) is 2.62. The van der Waals surface area contributed by atoms with Crippen molar-refractivity contribution in [2.75, 3.05) is 13.1 Å². The zero-order valence-corrected chi connectivity index (χ0v) is 12.7. The average molecular weight is 343 g/mol. The summed E-state index contributed by atoms with van der Waals surface area (Å²) >= 11 is 2.27. The molecule has 92 valence electrons. The Morgan fingerprint density at radius 3 is 2.71 bits per heavy atom. The summed E-state index contributed by atoms with van der Waals surface area (Å²) < 4.78 is 1.08. The largest absolute Gasteiger partial charge is 0.338 e. The summed E-state index contributed by atoms with van der Waals surface area (Å²) in [6.45, 7) is 8.25. The number of halogens is 1. The predicted molar refractivity (Wildman–Crippen MR) is 78.2 cm³/mol. The van der Waals surface area contributed by atoms with E-state index in [1.54, 1.807) is 0 Å². The third-order valence-electron chi connectivity index (χ3n) is 3.39. The van der Waals surface area contributed by atoms with Crippen LogP contribution in [0.2, 0.25) is 0 Å². The summed E-state index contributed by atoms with van der Waals surface area (Å²) in [5, 5.41) is 0. The number of carbonyl (C=O) groups is 1. The van der Waals surface area contributed by atoms with Gasteiger partial charge in [0.05, 0.1) is 5.56 Å². The van der Waals surface area contributed by atoms with Crippen molar-refractivity contribution in [3.05, 3.63) is 32.9 Å². The normalized spacial score (nSPS) is 18.5. The molecule has 3 heteroatoms. The van der Waals surface area contributed by atoms with Crippen molar-refractivity contribution >= 4 is 28.5 Å². The van der Waals surface area contributed by atoms with Gasteiger partial charge >= 0.3 is 0 Å². The first-order valence-corrected chi connectivity index (χ1v) is 7.03. The molecule has 0 spiro atoms. The molecule has 1 aliphatic heterocycles. The van der Waals surface area contributed by atoms with Gasteiger partial charge in [-0.05, 0) is 53.0 Å². The lowest BCUT2D eigenvalue weighted by molar-refractivity contribution is 0.0777. The van der Waals surface area contributed by atoms with Gasteiger partial charge < -0.3 is 4.90 Å². The zero-order valence-electron chi connectivity index (χ0n) is 10.6. The number of carbonyl (C=O) groups excluding carboxylic acids is 1. The molecule has 0 atom stereocenters. The van der Waals surface area contributed by atoms with Gasteiger partial charge in [0, 0.05) is 16.7 Å². The molecule has 1 aliphatic rings. The van der Waals surface area contributed by atoms with Crippen LogP contribution >= 0.6 is 22.6 Å². The van der Waals surface area contributed by atoms with Crippen molar-refractivity contribution in [1.82, 2.24) is 4.90 Å². The molecule has 1 fully saturated rings. The highest BCUT2D eigenvalue weighted by atomic mass is 127. The van der Waals surface area contributed by atoms with Crippen molar-refractivity contribution in [2.45, 2.75) is 27.2 Å². The van der Waals surface area contributed by atoms with Crippen LogP contribution in [-0.4, -0.2) is 23.9 Å². The van der Waals surface area contributed by atoms with Crippen molar-refractivity contribution in [2.24, 2.45) is 5.41 Å². The van der Waals surface area contributed by atoms with Crippen LogP contribution in [-0.2, 0) is 0 Å². The lowest BCUT2D eigenvalue weighted by Crippen LogP contribution is -2.30. The molecule has 0 radical (unpaired) electrons. The molecule has 0 unspecified atom stereocenters. The highest BCUT2D eigenvalue weighted by Crippen LogP contribution is 2.30. The van der Waals surface area contributed by atoms with Crippen LogP contribution in [0.4, 0.5) is 0 Å². The first-order chi connectivity index (χ1) is 7.91. The number of aryl methyl sites for hydroxylation is 1. The number of benzene rings is 1. The number of likely N-dealkylation sites (tertiary alicyclic amines) is 1. The lowest BCUT2D eigenvalue weighted by Gasteiger charge is -2.20. The second-order valence-corrected chi connectivity index (χ2v) is 6.66.